The maximum atomic E-state index is 11.7. The number of hydrogen-bond acceptors (Lipinski definition) is 1. The first-order valence-electron chi connectivity index (χ1n) is 3.16. The molecule has 0 aromatic heterocycles. The Kier molecular flexibility index (Phi) is 5.36. The minimum atomic E-state index is -2.45. The van der Waals surface area contributed by atoms with Gasteiger partial charge >= 0.3 is 0 Å². The molecule has 0 saturated heterocycles. The van der Waals surface area contributed by atoms with Crippen molar-refractivity contribution in [3.8, 4) is 0 Å². The topological polar surface area (TPSA) is 20.3 Å². The van der Waals surface area contributed by atoms with Crippen molar-refractivity contribution in [2.75, 3.05) is 18.9 Å². The Hall–Kier alpha value is -0.190. The molecule has 1 amide bonds. The van der Waals surface area contributed by atoms with Gasteiger partial charge in [0.15, 0.2) is 0 Å². The quantitative estimate of drug-likeness (QED) is 0.670. The fourth-order valence-corrected chi connectivity index (χ4v) is 0.920. The van der Waals surface area contributed by atoms with Crippen LogP contribution in [0.2, 0.25) is 0 Å². The van der Waals surface area contributed by atoms with Gasteiger partial charge in [0.1, 0.15) is 0 Å². The first-order chi connectivity index (χ1) is 5.07. The highest BCUT2D eigenvalue weighted by Gasteiger charge is 2.12. The van der Waals surface area contributed by atoms with Gasteiger partial charge in [-0.15, -0.1) is 0 Å². The normalized spacial score (nSPS) is 10.3. The van der Waals surface area contributed by atoms with Crippen molar-refractivity contribution in [2.24, 2.45) is 0 Å². The molecular formula is C6H10BrF2NO. The zero-order chi connectivity index (χ0) is 8.85. The van der Waals surface area contributed by atoms with Crippen LogP contribution < -0.4 is 0 Å². The molecule has 0 aliphatic carbocycles. The lowest BCUT2D eigenvalue weighted by Crippen LogP contribution is -2.31. The maximum Gasteiger partial charge on any atom is 0.255 e. The lowest BCUT2D eigenvalue weighted by molar-refractivity contribution is -0.131. The van der Waals surface area contributed by atoms with Crippen molar-refractivity contribution in [2.45, 2.75) is 12.8 Å². The molecule has 0 aliphatic heterocycles. The Morgan fingerprint density at radius 1 is 1.64 bits per heavy atom. The van der Waals surface area contributed by atoms with E-state index in [0.717, 1.165) is 4.90 Å². The summed E-state index contributed by atoms with van der Waals surface area (Å²) < 4.78 is 23.4. The van der Waals surface area contributed by atoms with Crippen LogP contribution in [0.4, 0.5) is 8.78 Å². The summed E-state index contributed by atoms with van der Waals surface area (Å²) >= 11 is 3.05. The molecule has 0 radical (unpaired) electrons. The number of rotatable bonds is 4. The lowest BCUT2D eigenvalue weighted by atomic mass is 10.4. The van der Waals surface area contributed by atoms with E-state index in [1.54, 1.807) is 0 Å². The van der Waals surface area contributed by atoms with E-state index in [1.807, 2.05) is 0 Å². The Labute approximate surface area is 72.7 Å². The summed E-state index contributed by atoms with van der Waals surface area (Å²) in [4.78, 5) is 11.9. The molecule has 0 N–H and O–H groups in total. The molecule has 0 saturated carbocycles. The van der Waals surface area contributed by atoms with Crippen LogP contribution in [-0.4, -0.2) is 36.2 Å². The van der Waals surface area contributed by atoms with Crippen LogP contribution in [0.3, 0.4) is 0 Å². The average molecular weight is 230 g/mol. The zero-order valence-electron chi connectivity index (χ0n) is 6.19. The molecule has 0 spiro atoms. The van der Waals surface area contributed by atoms with Gasteiger partial charge in [0.25, 0.3) is 6.43 Å². The first-order valence-corrected chi connectivity index (χ1v) is 4.28. The highest BCUT2D eigenvalue weighted by Crippen LogP contribution is 1.99. The molecule has 0 atom stereocenters. The highest BCUT2D eigenvalue weighted by molar-refractivity contribution is 9.09. The van der Waals surface area contributed by atoms with Crippen molar-refractivity contribution < 1.29 is 13.6 Å². The molecule has 11 heavy (non-hydrogen) atoms. The minimum Gasteiger partial charge on any atom is -0.340 e. The molecule has 2 nitrogen and oxygen atoms in total. The number of hydrogen-bond donors (Lipinski definition) is 0. The zero-order valence-corrected chi connectivity index (χ0v) is 7.77. The SMILES string of the molecule is CN(CC(F)F)C(=O)CCBr. The second kappa shape index (κ2) is 5.46. The van der Waals surface area contributed by atoms with Crippen molar-refractivity contribution in [3.63, 3.8) is 0 Å². The Bertz CT molecular complexity index is 132. The second-order valence-electron chi connectivity index (χ2n) is 2.10. The molecule has 0 heterocycles. The summed E-state index contributed by atoms with van der Waals surface area (Å²) in [6.07, 6.45) is -2.18. The molecular weight excluding hydrogens is 220 g/mol. The molecule has 5 heteroatoms. The van der Waals surface area contributed by atoms with E-state index in [2.05, 4.69) is 15.9 Å². The van der Waals surface area contributed by atoms with Gasteiger partial charge in [-0.3, -0.25) is 4.79 Å². The van der Waals surface area contributed by atoms with E-state index in [1.165, 1.54) is 7.05 Å². The summed E-state index contributed by atoms with van der Waals surface area (Å²) in [5.74, 6) is -0.262. The van der Waals surface area contributed by atoms with Gasteiger partial charge in [0, 0.05) is 18.8 Å². The van der Waals surface area contributed by atoms with Gasteiger partial charge in [-0.05, 0) is 0 Å². The van der Waals surface area contributed by atoms with E-state index in [-0.39, 0.29) is 12.3 Å². The molecule has 0 rings (SSSR count). The molecule has 0 aromatic rings. The van der Waals surface area contributed by atoms with Gasteiger partial charge in [0.2, 0.25) is 5.91 Å². The van der Waals surface area contributed by atoms with Crippen molar-refractivity contribution in [1.82, 2.24) is 4.90 Å². The first kappa shape index (κ1) is 10.8. The number of carbonyl (C=O) groups excluding carboxylic acids is 1. The number of halogens is 3. The van der Waals surface area contributed by atoms with Crippen molar-refractivity contribution in [3.05, 3.63) is 0 Å². The predicted octanol–water partition coefficient (Wildman–Crippen LogP) is 1.49. The third kappa shape index (κ3) is 5.12. The third-order valence-electron chi connectivity index (χ3n) is 1.15. The minimum absolute atomic E-state index is 0.262. The molecule has 0 bridgehead atoms. The van der Waals surface area contributed by atoms with Gasteiger partial charge in [-0.1, -0.05) is 15.9 Å². The van der Waals surface area contributed by atoms with Gasteiger partial charge in [-0.2, -0.15) is 0 Å². The Balaban J connectivity index is 3.64. The van der Waals surface area contributed by atoms with Crippen LogP contribution in [0.1, 0.15) is 6.42 Å². The lowest BCUT2D eigenvalue weighted by Gasteiger charge is -2.15. The number of nitrogens with zero attached hydrogens (tertiary/aromatic N) is 1. The van der Waals surface area contributed by atoms with Crippen LogP contribution in [0.5, 0.6) is 0 Å². The van der Waals surface area contributed by atoms with Crippen LogP contribution in [0, 0.1) is 0 Å². The summed E-state index contributed by atoms with van der Waals surface area (Å²) in [5, 5.41) is 0.513. The molecule has 0 aromatic carbocycles. The number of amides is 1. The number of alkyl halides is 3. The summed E-state index contributed by atoms with van der Waals surface area (Å²) in [7, 11) is 1.37. The fraction of sp³-hybridized carbons (Fsp3) is 0.833. The fourth-order valence-electron chi connectivity index (χ4n) is 0.581. The summed E-state index contributed by atoms with van der Waals surface area (Å²) in [6.45, 7) is -0.480. The largest absolute Gasteiger partial charge is 0.340 e. The molecule has 0 aliphatic rings. The van der Waals surface area contributed by atoms with Gasteiger partial charge in [-0.25, -0.2) is 8.78 Å². The second-order valence-corrected chi connectivity index (χ2v) is 2.90. The van der Waals surface area contributed by atoms with Crippen LogP contribution >= 0.6 is 15.9 Å². The van der Waals surface area contributed by atoms with E-state index < -0.39 is 13.0 Å². The molecule has 0 fully saturated rings. The Morgan fingerprint density at radius 2 is 2.18 bits per heavy atom. The predicted molar refractivity (Wildman–Crippen MR) is 42.1 cm³/mol. The summed E-state index contributed by atoms with van der Waals surface area (Å²) in [6, 6.07) is 0. The standard InChI is InChI=1S/C6H10BrF2NO/c1-10(4-5(8)9)6(11)2-3-7/h5H,2-4H2,1H3. The van der Waals surface area contributed by atoms with Crippen LogP contribution in [0.15, 0.2) is 0 Å². The van der Waals surface area contributed by atoms with Crippen LogP contribution in [0.25, 0.3) is 0 Å². The van der Waals surface area contributed by atoms with E-state index in [4.69, 9.17) is 0 Å². The maximum absolute atomic E-state index is 11.7. The highest BCUT2D eigenvalue weighted by atomic mass is 79.9. The van der Waals surface area contributed by atoms with E-state index in [9.17, 15) is 13.6 Å². The van der Waals surface area contributed by atoms with E-state index in [0.29, 0.717) is 5.33 Å². The van der Waals surface area contributed by atoms with Gasteiger partial charge < -0.3 is 4.90 Å². The molecule has 0 unspecified atom stereocenters. The van der Waals surface area contributed by atoms with Crippen LogP contribution in [-0.2, 0) is 4.79 Å². The molecule has 66 valence electrons. The van der Waals surface area contributed by atoms with Crippen molar-refractivity contribution >= 4 is 21.8 Å². The Morgan fingerprint density at radius 3 is 2.55 bits per heavy atom. The van der Waals surface area contributed by atoms with E-state index >= 15 is 0 Å². The van der Waals surface area contributed by atoms with Crippen molar-refractivity contribution in [1.29, 1.82) is 0 Å². The summed E-state index contributed by atoms with van der Waals surface area (Å²) in [5.41, 5.74) is 0. The smallest absolute Gasteiger partial charge is 0.255 e. The number of carbonyl (C=O) groups is 1. The monoisotopic (exact) mass is 229 g/mol. The third-order valence-corrected chi connectivity index (χ3v) is 1.54. The van der Waals surface area contributed by atoms with Gasteiger partial charge in [0.05, 0.1) is 6.54 Å². The average Bonchev–Trinajstić information content (AvgIpc) is 1.86.